The van der Waals surface area contributed by atoms with Crippen LogP contribution in [0.1, 0.15) is 15.9 Å². The third kappa shape index (κ3) is 3.38. The van der Waals surface area contributed by atoms with E-state index < -0.39 is 0 Å². The Balaban J connectivity index is 2.30. The van der Waals surface area contributed by atoms with Crippen molar-refractivity contribution < 1.29 is 4.79 Å². The van der Waals surface area contributed by atoms with Crippen LogP contribution < -0.4 is 0 Å². The normalized spacial score (nSPS) is 10.3. The van der Waals surface area contributed by atoms with E-state index in [9.17, 15) is 4.79 Å². The molecule has 0 radical (unpaired) electrons. The van der Waals surface area contributed by atoms with Crippen LogP contribution in [0.2, 0.25) is 0 Å². The van der Waals surface area contributed by atoms with Crippen molar-refractivity contribution in [1.29, 1.82) is 0 Å². The fourth-order valence-electron chi connectivity index (χ4n) is 1.71. The van der Waals surface area contributed by atoms with Gasteiger partial charge in [-0.1, -0.05) is 41.6 Å². The average Bonchev–Trinajstić information content (AvgIpc) is 2.41. The van der Waals surface area contributed by atoms with E-state index in [2.05, 4.69) is 31.2 Å². The van der Waals surface area contributed by atoms with E-state index in [0.29, 0.717) is 0 Å². The highest BCUT2D eigenvalue weighted by molar-refractivity contribution is 7.99. The minimum Gasteiger partial charge on any atom is -0.345 e. The van der Waals surface area contributed by atoms with Crippen molar-refractivity contribution in [3.63, 3.8) is 0 Å². The highest BCUT2D eigenvalue weighted by atomic mass is 32.2. The van der Waals surface area contributed by atoms with E-state index in [1.54, 1.807) is 30.8 Å². The summed E-state index contributed by atoms with van der Waals surface area (Å²) < 4.78 is 0. The van der Waals surface area contributed by atoms with Crippen LogP contribution in [0.3, 0.4) is 0 Å². The molecule has 2 aromatic carbocycles. The smallest absolute Gasteiger partial charge is 0.254 e. The quantitative estimate of drug-likeness (QED) is 0.845. The molecule has 0 atom stereocenters. The van der Waals surface area contributed by atoms with Gasteiger partial charge < -0.3 is 4.90 Å². The molecule has 0 unspecified atom stereocenters. The second-order valence-electron chi connectivity index (χ2n) is 4.61. The Labute approximate surface area is 118 Å². The van der Waals surface area contributed by atoms with Crippen LogP contribution in [-0.4, -0.2) is 24.9 Å². The van der Waals surface area contributed by atoms with Crippen LogP contribution in [0.15, 0.2) is 58.3 Å². The summed E-state index contributed by atoms with van der Waals surface area (Å²) in [6.07, 6.45) is 0. The molecular weight excluding hydrogens is 254 g/mol. The van der Waals surface area contributed by atoms with Crippen molar-refractivity contribution in [2.75, 3.05) is 14.1 Å². The number of hydrogen-bond donors (Lipinski definition) is 0. The van der Waals surface area contributed by atoms with Crippen LogP contribution in [0.4, 0.5) is 0 Å². The first kappa shape index (κ1) is 13.7. The monoisotopic (exact) mass is 271 g/mol. The molecule has 0 fully saturated rings. The second-order valence-corrected chi connectivity index (χ2v) is 5.73. The molecule has 2 nitrogen and oxygen atoms in total. The number of benzene rings is 2. The van der Waals surface area contributed by atoms with E-state index in [-0.39, 0.29) is 5.91 Å². The van der Waals surface area contributed by atoms with E-state index in [0.717, 1.165) is 15.4 Å². The third-order valence-electron chi connectivity index (χ3n) is 2.77. The van der Waals surface area contributed by atoms with Crippen molar-refractivity contribution in [1.82, 2.24) is 4.90 Å². The van der Waals surface area contributed by atoms with E-state index in [1.807, 2.05) is 24.3 Å². The summed E-state index contributed by atoms with van der Waals surface area (Å²) >= 11 is 1.62. The molecular formula is C16H17NOS. The standard InChI is InChI=1S/C16H17NOS/c1-12-8-10-13(11-9-12)19-15-7-5-4-6-14(15)16(18)17(2)3/h4-11H,1-3H3. The molecule has 0 saturated heterocycles. The first-order chi connectivity index (χ1) is 9.08. The molecule has 0 heterocycles. The van der Waals surface area contributed by atoms with Crippen LogP contribution in [0.5, 0.6) is 0 Å². The lowest BCUT2D eigenvalue weighted by Gasteiger charge is -2.13. The largest absolute Gasteiger partial charge is 0.345 e. The molecule has 0 saturated carbocycles. The minimum absolute atomic E-state index is 0.0372. The predicted molar refractivity (Wildman–Crippen MR) is 79.8 cm³/mol. The maximum absolute atomic E-state index is 12.1. The van der Waals surface area contributed by atoms with E-state index in [4.69, 9.17) is 0 Å². The highest BCUT2D eigenvalue weighted by Crippen LogP contribution is 2.30. The Hall–Kier alpha value is -1.74. The first-order valence-corrected chi connectivity index (χ1v) is 6.95. The Morgan fingerprint density at radius 1 is 1.00 bits per heavy atom. The van der Waals surface area contributed by atoms with Gasteiger partial charge in [0.05, 0.1) is 5.56 Å². The fourth-order valence-corrected chi connectivity index (χ4v) is 2.64. The van der Waals surface area contributed by atoms with Crippen molar-refractivity contribution in [2.45, 2.75) is 16.7 Å². The lowest BCUT2D eigenvalue weighted by atomic mass is 10.2. The van der Waals surface area contributed by atoms with Gasteiger partial charge in [0.2, 0.25) is 0 Å². The lowest BCUT2D eigenvalue weighted by Crippen LogP contribution is -2.22. The van der Waals surface area contributed by atoms with E-state index in [1.165, 1.54) is 5.56 Å². The molecule has 1 amide bonds. The Morgan fingerprint density at radius 3 is 2.26 bits per heavy atom. The summed E-state index contributed by atoms with van der Waals surface area (Å²) in [4.78, 5) is 15.9. The summed E-state index contributed by atoms with van der Waals surface area (Å²) in [5.74, 6) is 0.0372. The van der Waals surface area contributed by atoms with Crippen LogP contribution in [0.25, 0.3) is 0 Å². The summed E-state index contributed by atoms with van der Waals surface area (Å²) in [5, 5.41) is 0. The van der Waals surface area contributed by atoms with Crippen LogP contribution >= 0.6 is 11.8 Å². The van der Waals surface area contributed by atoms with Gasteiger partial charge in [0.15, 0.2) is 0 Å². The van der Waals surface area contributed by atoms with Gasteiger partial charge in [0, 0.05) is 23.9 Å². The summed E-state index contributed by atoms with van der Waals surface area (Å²) in [6.45, 7) is 2.07. The van der Waals surface area contributed by atoms with Crippen LogP contribution in [-0.2, 0) is 0 Å². The zero-order valence-corrected chi connectivity index (χ0v) is 12.2. The van der Waals surface area contributed by atoms with Gasteiger partial charge >= 0.3 is 0 Å². The van der Waals surface area contributed by atoms with Gasteiger partial charge in [-0.3, -0.25) is 4.79 Å². The molecule has 19 heavy (non-hydrogen) atoms. The average molecular weight is 271 g/mol. The van der Waals surface area contributed by atoms with Gasteiger partial charge in [-0.05, 0) is 31.2 Å². The van der Waals surface area contributed by atoms with Crippen molar-refractivity contribution in [2.24, 2.45) is 0 Å². The Morgan fingerprint density at radius 2 is 1.63 bits per heavy atom. The third-order valence-corrected chi connectivity index (χ3v) is 3.86. The zero-order valence-electron chi connectivity index (χ0n) is 11.4. The molecule has 0 aliphatic carbocycles. The van der Waals surface area contributed by atoms with Gasteiger partial charge in [-0.15, -0.1) is 0 Å². The van der Waals surface area contributed by atoms with Crippen LogP contribution in [0, 0.1) is 6.92 Å². The molecule has 3 heteroatoms. The van der Waals surface area contributed by atoms with Crippen molar-refractivity contribution >= 4 is 17.7 Å². The van der Waals surface area contributed by atoms with Crippen molar-refractivity contribution in [3.05, 3.63) is 59.7 Å². The molecule has 0 spiro atoms. The molecule has 2 rings (SSSR count). The number of amides is 1. The maximum Gasteiger partial charge on any atom is 0.254 e. The van der Waals surface area contributed by atoms with Gasteiger partial charge in [-0.2, -0.15) is 0 Å². The SMILES string of the molecule is Cc1ccc(Sc2ccccc2C(=O)N(C)C)cc1. The maximum atomic E-state index is 12.1. The van der Waals surface area contributed by atoms with Gasteiger partial charge in [-0.25, -0.2) is 0 Å². The summed E-state index contributed by atoms with van der Waals surface area (Å²) in [7, 11) is 3.55. The van der Waals surface area contributed by atoms with Gasteiger partial charge in [0.25, 0.3) is 5.91 Å². The molecule has 0 aliphatic heterocycles. The predicted octanol–water partition coefficient (Wildman–Crippen LogP) is 3.85. The summed E-state index contributed by atoms with van der Waals surface area (Å²) in [5.41, 5.74) is 1.99. The van der Waals surface area contributed by atoms with E-state index >= 15 is 0 Å². The number of carbonyl (C=O) groups excluding carboxylic acids is 1. The lowest BCUT2D eigenvalue weighted by molar-refractivity contribution is 0.0824. The zero-order chi connectivity index (χ0) is 13.8. The number of hydrogen-bond acceptors (Lipinski definition) is 2. The summed E-state index contributed by atoms with van der Waals surface area (Å²) in [6, 6.07) is 16.0. The number of aryl methyl sites for hydroxylation is 1. The number of nitrogens with zero attached hydrogens (tertiary/aromatic N) is 1. The Kier molecular flexibility index (Phi) is 4.27. The Bertz CT molecular complexity index is 576. The molecule has 98 valence electrons. The topological polar surface area (TPSA) is 20.3 Å². The molecule has 0 bridgehead atoms. The number of carbonyl (C=O) groups is 1. The van der Waals surface area contributed by atoms with Gasteiger partial charge in [0.1, 0.15) is 0 Å². The highest BCUT2D eigenvalue weighted by Gasteiger charge is 2.13. The molecule has 0 aromatic heterocycles. The molecule has 2 aromatic rings. The molecule has 0 aliphatic rings. The number of rotatable bonds is 3. The fraction of sp³-hybridized carbons (Fsp3) is 0.188. The second kappa shape index (κ2) is 5.93. The first-order valence-electron chi connectivity index (χ1n) is 6.13. The molecule has 0 N–H and O–H groups in total. The minimum atomic E-state index is 0.0372. The van der Waals surface area contributed by atoms with Crippen molar-refractivity contribution in [3.8, 4) is 0 Å².